The summed E-state index contributed by atoms with van der Waals surface area (Å²) in [6, 6.07) is 2.86. The van der Waals surface area contributed by atoms with Gasteiger partial charge in [0.2, 0.25) is 0 Å². The predicted octanol–water partition coefficient (Wildman–Crippen LogP) is 1.52. The van der Waals surface area contributed by atoms with Crippen molar-refractivity contribution < 1.29 is 14.2 Å². The molecule has 3 nitrogen and oxygen atoms in total. The summed E-state index contributed by atoms with van der Waals surface area (Å²) in [5.41, 5.74) is 6.34. The van der Waals surface area contributed by atoms with Crippen LogP contribution in [0.5, 0.6) is 5.75 Å². The summed E-state index contributed by atoms with van der Waals surface area (Å²) in [5.74, 6) is 0.0616. The first kappa shape index (κ1) is 11.9. The van der Waals surface area contributed by atoms with Crippen molar-refractivity contribution in [2.45, 2.75) is 19.4 Å². The fourth-order valence-electron chi connectivity index (χ4n) is 1.54. The van der Waals surface area contributed by atoms with Gasteiger partial charge in [-0.15, -0.1) is 0 Å². The Bertz CT molecular complexity index is 342. The van der Waals surface area contributed by atoms with Gasteiger partial charge in [0.15, 0.2) is 0 Å². The molecule has 0 fully saturated rings. The number of halogens is 1. The maximum Gasteiger partial charge on any atom is 0.130 e. The summed E-state index contributed by atoms with van der Waals surface area (Å²) < 4.78 is 18.3. The van der Waals surface area contributed by atoms with Crippen LogP contribution < -0.4 is 10.5 Å². The molecule has 0 aliphatic heterocycles. The normalized spacial score (nSPS) is 12.6. The smallest absolute Gasteiger partial charge is 0.130 e. The van der Waals surface area contributed by atoms with Crippen LogP contribution >= 0.6 is 0 Å². The quantitative estimate of drug-likeness (QED) is 0.797. The lowest BCUT2D eigenvalue weighted by Crippen LogP contribution is -2.09. The highest BCUT2D eigenvalue weighted by atomic mass is 19.1. The molecule has 0 aliphatic carbocycles. The van der Waals surface area contributed by atoms with Crippen LogP contribution in [-0.2, 0) is 0 Å². The Hall–Kier alpha value is -1.13. The zero-order valence-electron chi connectivity index (χ0n) is 8.96. The number of ether oxygens (including phenoxy) is 1. The molecule has 1 aromatic rings. The van der Waals surface area contributed by atoms with E-state index in [4.69, 9.17) is 10.5 Å². The number of nitrogens with two attached hydrogens (primary N) is 1. The van der Waals surface area contributed by atoms with E-state index in [-0.39, 0.29) is 5.82 Å². The number of aliphatic hydroxyl groups is 1. The largest absolute Gasteiger partial charge is 0.496 e. The van der Waals surface area contributed by atoms with Crippen molar-refractivity contribution in [2.24, 2.45) is 5.73 Å². The topological polar surface area (TPSA) is 55.5 Å². The molecule has 84 valence electrons. The Kier molecular flexibility index (Phi) is 4.05. The van der Waals surface area contributed by atoms with E-state index >= 15 is 0 Å². The van der Waals surface area contributed by atoms with Crippen molar-refractivity contribution in [1.29, 1.82) is 0 Å². The van der Waals surface area contributed by atoms with Crippen LogP contribution in [0, 0.1) is 12.7 Å². The lowest BCUT2D eigenvalue weighted by atomic mass is 10.0. The lowest BCUT2D eigenvalue weighted by molar-refractivity contribution is 0.166. The van der Waals surface area contributed by atoms with Gasteiger partial charge in [-0.2, -0.15) is 0 Å². The molecule has 1 rings (SSSR count). The van der Waals surface area contributed by atoms with Gasteiger partial charge < -0.3 is 15.6 Å². The molecule has 0 aromatic heterocycles. The third-order valence-corrected chi connectivity index (χ3v) is 2.37. The standard InChI is InChI=1S/C11H16FNO2/c1-7-9(12)4-3-8(11(7)15-2)10(14)5-6-13/h3-4,10,14H,5-6,13H2,1-2H3. The minimum atomic E-state index is -0.704. The summed E-state index contributed by atoms with van der Waals surface area (Å²) in [6.45, 7) is 1.99. The first-order valence-electron chi connectivity index (χ1n) is 4.83. The third kappa shape index (κ3) is 2.46. The molecule has 0 heterocycles. The molecule has 0 aliphatic rings. The molecule has 3 N–H and O–H groups in total. The molecular formula is C11H16FNO2. The van der Waals surface area contributed by atoms with E-state index < -0.39 is 6.10 Å². The maximum absolute atomic E-state index is 13.2. The van der Waals surface area contributed by atoms with Gasteiger partial charge in [-0.25, -0.2) is 4.39 Å². The molecule has 15 heavy (non-hydrogen) atoms. The van der Waals surface area contributed by atoms with Crippen molar-refractivity contribution in [1.82, 2.24) is 0 Å². The van der Waals surface area contributed by atoms with Gasteiger partial charge in [0, 0.05) is 11.1 Å². The summed E-state index contributed by atoms with van der Waals surface area (Å²) in [4.78, 5) is 0. The molecule has 0 spiro atoms. The molecule has 1 unspecified atom stereocenters. The monoisotopic (exact) mass is 213 g/mol. The Morgan fingerprint density at radius 3 is 2.73 bits per heavy atom. The molecule has 0 saturated carbocycles. The first-order valence-corrected chi connectivity index (χ1v) is 4.83. The summed E-state index contributed by atoms with van der Waals surface area (Å²) >= 11 is 0. The van der Waals surface area contributed by atoms with E-state index in [2.05, 4.69) is 0 Å². The number of aliphatic hydroxyl groups excluding tert-OH is 1. The van der Waals surface area contributed by atoms with E-state index in [0.29, 0.717) is 29.8 Å². The van der Waals surface area contributed by atoms with Gasteiger partial charge in [0.1, 0.15) is 11.6 Å². The highest BCUT2D eigenvalue weighted by Crippen LogP contribution is 2.31. The van der Waals surface area contributed by atoms with E-state index in [1.807, 2.05) is 0 Å². The fourth-order valence-corrected chi connectivity index (χ4v) is 1.54. The zero-order chi connectivity index (χ0) is 11.4. The van der Waals surface area contributed by atoms with Gasteiger partial charge in [-0.05, 0) is 32.0 Å². The van der Waals surface area contributed by atoms with Crippen LogP contribution in [0.15, 0.2) is 12.1 Å². The third-order valence-electron chi connectivity index (χ3n) is 2.37. The van der Waals surface area contributed by atoms with E-state index in [0.717, 1.165) is 0 Å². The summed E-state index contributed by atoms with van der Waals surface area (Å²) in [5, 5.41) is 9.77. The van der Waals surface area contributed by atoms with Crippen molar-refractivity contribution in [3.8, 4) is 5.75 Å². The van der Waals surface area contributed by atoms with Crippen LogP contribution in [0.4, 0.5) is 4.39 Å². The van der Waals surface area contributed by atoms with Gasteiger partial charge in [-0.3, -0.25) is 0 Å². The second-order valence-electron chi connectivity index (χ2n) is 3.39. The second-order valence-corrected chi connectivity index (χ2v) is 3.39. The fraction of sp³-hybridized carbons (Fsp3) is 0.455. The SMILES string of the molecule is COc1c(C(O)CCN)ccc(F)c1C. The highest BCUT2D eigenvalue weighted by Gasteiger charge is 2.16. The van der Waals surface area contributed by atoms with E-state index in [1.165, 1.54) is 19.2 Å². The Labute approximate surface area is 88.7 Å². The molecule has 0 amide bonds. The lowest BCUT2D eigenvalue weighted by Gasteiger charge is -2.16. The van der Waals surface area contributed by atoms with Crippen molar-refractivity contribution >= 4 is 0 Å². The zero-order valence-corrected chi connectivity index (χ0v) is 8.96. The predicted molar refractivity (Wildman–Crippen MR) is 56.3 cm³/mol. The second kappa shape index (κ2) is 5.09. The minimum Gasteiger partial charge on any atom is -0.496 e. The number of methoxy groups -OCH3 is 1. The van der Waals surface area contributed by atoms with Crippen LogP contribution in [0.25, 0.3) is 0 Å². The van der Waals surface area contributed by atoms with Gasteiger partial charge in [0.25, 0.3) is 0 Å². The van der Waals surface area contributed by atoms with Crippen LogP contribution in [0.3, 0.4) is 0 Å². The average molecular weight is 213 g/mol. The number of benzene rings is 1. The summed E-state index contributed by atoms with van der Waals surface area (Å²) in [6.07, 6.45) is -0.272. The number of rotatable bonds is 4. The van der Waals surface area contributed by atoms with Gasteiger partial charge in [-0.1, -0.05) is 0 Å². The number of hydrogen-bond acceptors (Lipinski definition) is 3. The average Bonchev–Trinajstić information content (AvgIpc) is 2.22. The first-order chi connectivity index (χ1) is 7.11. The van der Waals surface area contributed by atoms with Crippen molar-refractivity contribution in [2.75, 3.05) is 13.7 Å². The van der Waals surface area contributed by atoms with Crippen LogP contribution in [-0.4, -0.2) is 18.8 Å². The Balaban J connectivity index is 3.12. The van der Waals surface area contributed by atoms with Crippen LogP contribution in [0.1, 0.15) is 23.7 Å². The maximum atomic E-state index is 13.2. The van der Waals surface area contributed by atoms with Crippen LogP contribution in [0.2, 0.25) is 0 Å². The molecular weight excluding hydrogens is 197 g/mol. The minimum absolute atomic E-state index is 0.337. The van der Waals surface area contributed by atoms with Gasteiger partial charge in [0.05, 0.1) is 13.2 Å². The molecule has 1 atom stereocenters. The molecule has 4 heteroatoms. The van der Waals surface area contributed by atoms with Crippen molar-refractivity contribution in [3.05, 3.63) is 29.1 Å². The van der Waals surface area contributed by atoms with E-state index in [9.17, 15) is 9.50 Å². The van der Waals surface area contributed by atoms with Crippen molar-refractivity contribution in [3.63, 3.8) is 0 Å². The molecule has 0 radical (unpaired) electrons. The number of hydrogen-bond donors (Lipinski definition) is 2. The van der Waals surface area contributed by atoms with Gasteiger partial charge >= 0.3 is 0 Å². The Morgan fingerprint density at radius 2 is 2.20 bits per heavy atom. The molecule has 1 aromatic carbocycles. The molecule has 0 saturated heterocycles. The summed E-state index contributed by atoms with van der Waals surface area (Å²) in [7, 11) is 1.46. The van der Waals surface area contributed by atoms with E-state index in [1.54, 1.807) is 6.92 Å². The highest BCUT2D eigenvalue weighted by molar-refractivity contribution is 5.42. The molecule has 0 bridgehead atoms. The Morgan fingerprint density at radius 1 is 1.53 bits per heavy atom.